The van der Waals surface area contributed by atoms with E-state index in [1.807, 2.05) is 53.4 Å². The lowest BCUT2D eigenvalue weighted by molar-refractivity contribution is -0.125. The van der Waals surface area contributed by atoms with E-state index in [4.69, 9.17) is 4.74 Å². The van der Waals surface area contributed by atoms with Crippen molar-refractivity contribution in [3.05, 3.63) is 79.0 Å². The van der Waals surface area contributed by atoms with Crippen molar-refractivity contribution in [2.24, 2.45) is 4.99 Å². The maximum atomic E-state index is 12.9. The molecule has 9 heteroatoms. The molecule has 1 saturated heterocycles. The Morgan fingerprint density at radius 3 is 2.29 bits per heavy atom. The Balaban J connectivity index is 1.19. The molecule has 35 heavy (non-hydrogen) atoms. The van der Waals surface area contributed by atoms with Gasteiger partial charge in [0.15, 0.2) is 0 Å². The van der Waals surface area contributed by atoms with Gasteiger partial charge in [0.1, 0.15) is 23.4 Å². The highest BCUT2D eigenvalue weighted by Crippen LogP contribution is 2.23. The summed E-state index contributed by atoms with van der Waals surface area (Å²) in [5.74, 6) is 2.25. The average molecular weight is 471 g/mol. The number of rotatable bonds is 5. The molecule has 0 saturated carbocycles. The number of nitrogens with zero attached hydrogens (tertiary/aromatic N) is 4. The molecular formula is C26H26N6O3. The van der Waals surface area contributed by atoms with Gasteiger partial charge in [-0.3, -0.25) is 14.9 Å². The maximum absolute atomic E-state index is 12.9. The third-order valence-corrected chi connectivity index (χ3v) is 5.86. The summed E-state index contributed by atoms with van der Waals surface area (Å²) in [6.07, 6.45) is 1.79. The molecule has 2 aliphatic heterocycles. The Morgan fingerprint density at radius 1 is 0.886 bits per heavy atom. The molecule has 9 nitrogen and oxygen atoms in total. The van der Waals surface area contributed by atoms with Gasteiger partial charge in [0.05, 0.1) is 6.42 Å². The lowest BCUT2D eigenvalue weighted by Crippen LogP contribution is -2.56. The zero-order chi connectivity index (χ0) is 24.0. The van der Waals surface area contributed by atoms with Crippen LogP contribution in [0.2, 0.25) is 0 Å². The molecule has 1 fully saturated rings. The number of nitrogens with one attached hydrogen (secondary N) is 2. The number of hydrogen-bond donors (Lipinski definition) is 2. The van der Waals surface area contributed by atoms with Crippen LogP contribution in [0.5, 0.6) is 11.5 Å². The molecule has 2 N–H and O–H groups in total. The van der Waals surface area contributed by atoms with Crippen LogP contribution in [0.4, 0.5) is 11.5 Å². The van der Waals surface area contributed by atoms with Gasteiger partial charge in [-0.05, 0) is 48.5 Å². The molecule has 0 aliphatic carbocycles. The number of aliphatic imine (C=N–C) groups is 1. The second kappa shape index (κ2) is 10.3. The van der Waals surface area contributed by atoms with E-state index in [-0.39, 0.29) is 18.2 Å². The number of para-hydroxylation sites is 1. The summed E-state index contributed by atoms with van der Waals surface area (Å²) < 4.78 is 5.79. The molecular weight excluding hydrogens is 444 g/mol. The van der Waals surface area contributed by atoms with Crippen molar-refractivity contribution in [3.63, 3.8) is 0 Å². The van der Waals surface area contributed by atoms with Crippen LogP contribution >= 0.6 is 0 Å². The molecule has 2 amide bonds. The highest BCUT2D eigenvalue weighted by atomic mass is 16.5. The van der Waals surface area contributed by atoms with Gasteiger partial charge in [0, 0.05) is 38.1 Å². The lowest BCUT2D eigenvalue weighted by Gasteiger charge is -2.38. The van der Waals surface area contributed by atoms with E-state index >= 15 is 0 Å². The van der Waals surface area contributed by atoms with Gasteiger partial charge in [0.25, 0.3) is 0 Å². The van der Waals surface area contributed by atoms with Crippen LogP contribution in [0.1, 0.15) is 6.42 Å². The summed E-state index contributed by atoms with van der Waals surface area (Å²) in [5, 5.41) is 5.69. The van der Waals surface area contributed by atoms with E-state index in [0.717, 1.165) is 24.7 Å². The van der Waals surface area contributed by atoms with Crippen LogP contribution in [0, 0.1) is 0 Å². The van der Waals surface area contributed by atoms with Crippen molar-refractivity contribution in [2.45, 2.75) is 12.5 Å². The molecule has 1 aromatic heterocycles. The second-order valence-corrected chi connectivity index (χ2v) is 8.31. The highest BCUT2D eigenvalue weighted by molar-refractivity contribution is 6.06. The van der Waals surface area contributed by atoms with Crippen molar-refractivity contribution in [1.82, 2.24) is 15.2 Å². The quantitative estimate of drug-likeness (QED) is 0.595. The molecule has 2 aromatic carbocycles. The first-order valence-corrected chi connectivity index (χ1v) is 11.6. The predicted octanol–water partition coefficient (Wildman–Crippen LogP) is 2.88. The van der Waals surface area contributed by atoms with Gasteiger partial charge in [-0.15, -0.1) is 0 Å². The molecule has 5 rings (SSSR count). The van der Waals surface area contributed by atoms with Crippen molar-refractivity contribution in [1.29, 1.82) is 0 Å². The summed E-state index contributed by atoms with van der Waals surface area (Å²) in [4.78, 5) is 38.4. The fourth-order valence-corrected chi connectivity index (χ4v) is 4.03. The Morgan fingerprint density at radius 2 is 1.57 bits per heavy atom. The normalized spacial score (nSPS) is 17.9. The monoisotopic (exact) mass is 470 g/mol. The second-order valence-electron chi connectivity index (χ2n) is 8.31. The lowest BCUT2D eigenvalue weighted by atomic mass is 10.1. The van der Waals surface area contributed by atoms with Gasteiger partial charge in [-0.25, -0.2) is 9.98 Å². The van der Waals surface area contributed by atoms with Gasteiger partial charge < -0.3 is 19.9 Å². The predicted molar refractivity (Wildman–Crippen MR) is 134 cm³/mol. The van der Waals surface area contributed by atoms with Crippen molar-refractivity contribution >= 4 is 29.3 Å². The minimum atomic E-state index is -0.784. The fourth-order valence-electron chi connectivity index (χ4n) is 4.03. The third-order valence-electron chi connectivity index (χ3n) is 5.86. The van der Waals surface area contributed by atoms with Gasteiger partial charge >= 0.3 is 0 Å². The number of anilines is 2. The number of amides is 2. The van der Waals surface area contributed by atoms with Crippen LogP contribution in [0.25, 0.3) is 0 Å². The van der Waals surface area contributed by atoms with Crippen LogP contribution in [-0.2, 0) is 9.59 Å². The van der Waals surface area contributed by atoms with E-state index in [2.05, 4.69) is 25.5 Å². The minimum Gasteiger partial charge on any atom is -0.457 e. The summed E-state index contributed by atoms with van der Waals surface area (Å²) in [7, 11) is 0. The maximum Gasteiger partial charge on any atom is 0.249 e. The number of benzene rings is 2. The van der Waals surface area contributed by atoms with Crippen LogP contribution in [0.3, 0.4) is 0 Å². The van der Waals surface area contributed by atoms with Crippen molar-refractivity contribution < 1.29 is 14.3 Å². The number of carbonyl (C=O) groups excluding carboxylic acids is 2. The number of carbonyl (C=O) groups is 2. The van der Waals surface area contributed by atoms with Crippen molar-refractivity contribution in [3.8, 4) is 11.5 Å². The van der Waals surface area contributed by atoms with Crippen molar-refractivity contribution in [2.75, 3.05) is 36.4 Å². The number of piperazine rings is 1. The number of aromatic nitrogens is 1. The number of ether oxygens (including phenoxy) is 1. The first-order valence-electron chi connectivity index (χ1n) is 11.6. The van der Waals surface area contributed by atoms with E-state index in [9.17, 15) is 9.59 Å². The summed E-state index contributed by atoms with van der Waals surface area (Å²) in [6.45, 7) is 2.85. The smallest absolute Gasteiger partial charge is 0.249 e. The minimum absolute atomic E-state index is 0.0123. The fraction of sp³-hybridized carbons (Fsp3) is 0.231. The number of guanidine groups is 1. The Bertz CT molecular complexity index is 1190. The summed E-state index contributed by atoms with van der Waals surface area (Å²) >= 11 is 0. The largest absolute Gasteiger partial charge is 0.457 e. The first-order chi connectivity index (χ1) is 17.1. The molecule has 3 heterocycles. The number of pyridine rings is 1. The van der Waals surface area contributed by atoms with Crippen LogP contribution in [0.15, 0.2) is 84.0 Å². The molecule has 2 aliphatic rings. The molecule has 3 aromatic rings. The molecule has 178 valence electrons. The average Bonchev–Trinajstić information content (AvgIpc) is 2.91. The molecule has 0 spiro atoms. The van der Waals surface area contributed by atoms with Crippen LogP contribution in [-0.4, -0.2) is 59.9 Å². The standard InChI is InChI=1S/C26H26N6O3/c33-24-18-22(25(34)28-19-9-11-21(12-10-19)35-20-6-2-1-3-7-20)29-26(30-24)32-16-14-31(15-17-32)23-8-4-5-13-27-23/h1-13,22H,14-18H2,(H,28,34)(H,29,30,33). The van der Waals surface area contributed by atoms with Gasteiger partial charge in [-0.1, -0.05) is 24.3 Å². The van der Waals surface area contributed by atoms with Gasteiger partial charge in [-0.2, -0.15) is 0 Å². The zero-order valence-electron chi connectivity index (χ0n) is 19.1. The molecule has 0 bridgehead atoms. The Kier molecular flexibility index (Phi) is 6.56. The SMILES string of the molecule is O=C1CC(C(=O)Nc2ccc(Oc3ccccc3)cc2)N=C(N2CCN(c3ccccn3)CC2)N1. The Labute approximate surface area is 203 Å². The van der Waals surface area contributed by atoms with E-state index < -0.39 is 6.04 Å². The zero-order valence-corrected chi connectivity index (χ0v) is 19.1. The number of hydrogen-bond acceptors (Lipinski definition) is 7. The first kappa shape index (κ1) is 22.4. The Hall–Kier alpha value is -4.40. The summed E-state index contributed by atoms with van der Waals surface area (Å²) in [6, 6.07) is 21.6. The molecule has 0 radical (unpaired) electrons. The topological polar surface area (TPSA) is 99.2 Å². The third kappa shape index (κ3) is 5.57. The molecule has 1 atom stereocenters. The molecule has 1 unspecified atom stereocenters. The van der Waals surface area contributed by atoms with E-state index in [0.29, 0.717) is 30.5 Å². The van der Waals surface area contributed by atoms with Gasteiger partial charge in [0.2, 0.25) is 17.8 Å². The van der Waals surface area contributed by atoms with E-state index in [1.165, 1.54) is 0 Å². The highest BCUT2D eigenvalue weighted by Gasteiger charge is 2.30. The van der Waals surface area contributed by atoms with Crippen LogP contribution < -0.4 is 20.3 Å². The summed E-state index contributed by atoms with van der Waals surface area (Å²) in [5.41, 5.74) is 0.613. The van der Waals surface area contributed by atoms with E-state index in [1.54, 1.807) is 30.5 Å².